The van der Waals surface area contributed by atoms with E-state index in [0.29, 0.717) is 13.2 Å². The zero-order valence-corrected chi connectivity index (χ0v) is 10.6. The van der Waals surface area contributed by atoms with E-state index in [1.165, 1.54) is 0 Å². The number of benzene rings is 1. The maximum atomic E-state index is 6.17. The lowest BCUT2D eigenvalue weighted by molar-refractivity contribution is 0.206. The van der Waals surface area contributed by atoms with Crippen molar-refractivity contribution in [3.8, 4) is 0 Å². The second-order valence-corrected chi connectivity index (χ2v) is 4.10. The fraction of sp³-hybridized carbons (Fsp3) is 0.500. The SMILES string of the molecule is COCCN(C)c1cccc(Cl)c1CCN. The maximum Gasteiger partial charge on any atom is 0.0637 e. The van der Waals surface area contributed by atoms with E-state index in [4.69, 9.17) is 22.1 Å². The van der Waals surface area contributed by atoms with Crippen LogP contribution in [-0.4, -0.2) is 33.9 Å². The number of rotatable bonds is 6. The smallest absolute Gasteiger partial charge is 0.0637 e. The average Bonchev–Trinajstić information content (AvgIpc) is 2.29. The lowest BCUT2D eigenvalue weighted by Gasteiger charge is -2.22. The molecule has 0 aliphatic rings. The summed E-state index contributed by atoms with van der Waals surface area (Å²) >= 11 is 6.17. The molecule has 0 aromatic heterocycles. The van der Waals surface area contributed by atoms with Crippen molar-refractivity contribution >= 4 is 17.3 Å². The fourth-order valence-corrected chi connectivity index (χ4v) is 1.91. The van der Waals surface area contributed by atoms with Gasteiger partial charge in [0.05, 0.1) is 6.61 Å². The van der Waals surface area contributed by atoms with Gasteiger partial charge < -0.3 is 15.4 Å². The minimum absolute atomic E-state index is 0.606. The molecule has 16 heavy (non-hydrogen) atoms. The largest absolute Gasteiger partial charge is 0.383 e. The van der Waals surface area contributed by atoms with Crippen molar-refractivity contribution in [3.63, 3.8) is 0 Å². The Morgan fingerprint density at radius 2 is 2.19 bits per heavy atom. The van der Waals surface area contributed by atoms with Crippen LogP contribution in [0.4, 0.5) is 5.69 Å². The van der Waals surface area contributed by atoms with Crippen LogP contribution in [0.5, 0.6) is 0 Å². The molecule has 0 saturated heterocycles. The number of likely N-dealkylation sites (N-methyl/N-ethyl adjacent to an activating group) is 1. The molecule has 2 N–H and O–H groups in total. The fourth-order valence-electron chi connectivity index (χ4n) is 1.65. The number of ether oxygens (including phenoxy) is 1. The van der Waals surface area contributed by atoms with Gasteiger partial charge in [0.1, 0.15) is 0 Å². The van der Waals surface area contributed by atoms with Gasteiger partial charge in [-0.1, -0.05) is 17.7 Å². The molecule has 0 saturated carbocycles. The van der Waals surface area contributed by atoms with Crippen molar-refractivity contribution in [2.24, 2.45) is 5.73 Å². The first-order valence-corrected chi connectivity index (χ1v) is 5.76. The number of anilines is 1. The Labute approximate surface area is 102 Å². The molecule has 3 nitrogen and oxygen atoms in total. The Bertz CT molecular complexity index is 331. The number of nitrogens with zero attached hydrogens (tertiary/aromatic N) is 1. The maximum absolute atomic E-state index is 6.17. The van der Waals surface area contributed by atoms with Crippen molar-refractivity contribution in [2.45, 2.75) is 6.42 Å². The Balaban J connectivity index is 2.88. The van der Waals surface area contributed by atoms with Gasteiger partial charge in [-0.25, -0.2) is 0 Å². The molecule has 0 aliphatic carbocycles. The number of hydrogen-bond donors (Lipinski definition) is 1. The molecule has 1 aromatic carbocycles. The van der Waals surface area contributed by atoms with Crippen molar-refractivity contribution in [2.75, 3.05) is 38.8 Å². The lowest BCUT2D eigenvalue weighted by Crippen LogP contribution is -2.23. The van der Waals surface area contributed by atoms with E-state index in [0.717, 1.165) is 29.2 Å². The highest BCUT2D eigenvalue weighted by atomic mass is 35.5. The Morgan fingerprint density at radius 3 is 2.81 bits per heavy atom. The molecule has 0 amide bonds. The van der Waals surface area contributed by atoms with Gasteiger partial charge in [-0.3, -0.25) is 0 Å². The summed E-state index contributed by atoms with van der Waals surface area (Å²) in [5, 5.41) is 0.784. The first kappa shape index (κ1) is 13.3. The quantitative estimate of drug-likeness (QED) is 0.829. The summed E-state index contributed by atoms with van der Waals surface area (Å²) in [5.41, 5.74) is 7.85. The van der Waals surface area contributed by atoms with Crippen molar-refractivity contribution in [1.29, 1.82) is 0 Å². The van der Waals surface area contributed by atoms with Crippen molar-refractivity contribution < 1.29 is 4.74 Å². The van der Waals surface area contributed by atoms with E-state index in [1.807, 2.05) is 19.2 Å². The van der Waals surface area contributed by atoms with Crippen LogP contribution < -0.4 is 10.6 Å². The van der Waals surface area contributed by atoms with Gasteiger partial charge in [-0.15, -0.1) is 0 Å². The third kappa shape index (κ3) is 3.37. The molecule has 0 spiro atoms. The average molecular weight is 243 g/mol. The van der Waals surface area contributed by atoms with Crippen LogP contribution in [0.3, 0.4) is 0 Å². The first-order chi connectivity index (χ1) is 7.70. The van der Waals surface area contributed by atoms with Crippen LogP contribution in [-0.2, 0) is 11.2 Å². The topological polar surface area (TPSA) is 38.5 Å². The van der Waals surface area contributed by atoms with E-state index < -0.39 is 0 Å². The van der Waals surface area contributed by atoms with E-state index in [1.54, 1.807) is 7.11 Å². The summed E-state index contributed by atoms with van der Waals surface area (Å²) in [4.78, 5) is 2.14. The molecule has 0 aliphatic heterocycles. The molecule has 0 radical (unpaired) electrons. The molecule has 90 valence electrons. The predicted octanol–water partition coefficient (Wildman–Crippen LogP) is 1.92. The second kappa shape index (κ2) is 6.74. The monoisotopic (exact) mass is 242 g/mol. The van der Waals surface area contributed by atoms with E-state index >= 15 is 0 Å². The third-order valence-corrected chi connectivity index (χ3v) is 2.88. The Hall–Kier alpha value is -0.770. The van der Waals surface area contributed by atoms with Crippen molar-refractivity contribution in [3.05, 3.63) is 28.8 Å². The normalized spacial score (nSPS) is 10.5. The molecule has 0 bridgehead atoms. The minimum Gasteiger partial charge on any atom is -0.383 e. The van der Waals surface area contributed by atoms with Gasteiger partial charge in [0.15, 0.2) is 0 Å². The highest BCUT2D eigenvalue weighted by Gasteiger charge is 2.09. The predicted molar refractivity (Wildman–Crippen MR) is 69.4 cm³/mol. The number of methoxy groups -OCH3 is 1. The van der Waals surface area contributed by atoms with E-state index in [2.05, 4.69) is 11.0 Å². The van der Waals surface area contributed by atoms with Gasteiger partial charge in [0.2, 0.25) is 0 Å². The third-order valence-electron chi connectivity index (χ3n) is 2.53. The van der Waals surface area contributed by atoms with Gasteiger partial charge in [-0.2, -0.15) is 0 Å². The molecule has 0 heterocycles. The van der Waals surface area contributed by atoms with Crippen LogP contribution in [0, 0.1) is 0 Å². The first-order valence-electron chi connectivity index (χ1n) is 5.38. The molecule has 0 fully saturated rings. The van der Waals surface area contributed by atoms with E-state index in [-0.39, 0.29) is 0 Å². The minimum atomic E-state index is 0.606. The van der Waals surface area contributed by atoms with Gasteiger partial charge in [-0.05, 0) is 30.7 Å². The van der Waals surface area contributed by atoms with Crippen LogP contribution in [0.2, 0.25) is 5.02 Å². The second-order valence-electron chi connectivity index (χ2n) is 3.69. The van der Waals surface area contributed by atoms with Crippen LogP contribution in [0.15, 0.2) is 18.2 Å². The number of hydrogen-bond acceptors (Lipinski definition) is 3. The zero-order valence-electron chi connectivity index (χ0n) is 9.87. The molecular weight excluding hydrogens is 224 g/mol. The highest BCUT2D eigenvalue weighted by Crippen LogP contribution is 2.26. The van der Waals surface area contributed by atoms with Crippen LogP contribution in [0.25, 0.3) is 0 Å². The molecule has 1 aromatic rings. The summed E-state index contributed by atoms with van der Waals surface area (Å²) < 4.78 is 5.06. The molecule has 1 rings (SSSR count). The Morgan fingerprint density at radius 1 is 1.44 bits per heavy atom. The highest BCUT2D eigenvalue weighted by molar-refractivity contribution is 6.31. The summed E-state index contributed by atoms with van der Waals surface area (Å²) in [7, 11) is 3.73. The molecule has 4 heteroatoms. The van der Waals surface area contributed by atoms with E-state index in [9.17, 15) is 0 Å². The van der Waals surface area contributed by atoms with Gasteiger partial charge >= 0.3 is 0 Å². The molecular formula is C12H19ClN2O. The zero-order chi connectivity index (χ0) is 12.0. The lowest BCUT2D eigenvalue weighted by atomic mass is 10.1. The van der Waals surface area contributed by atoms with Crippen LogP contribution >= 0.6 is 11.6 Å². The number of halogens is 1. The Kier molecular flexibility index (Phi) is 5.60. The molecule has 0 atom stereocenters. The van der Waals surface area contributed by atoms with Crippen molar-refractivity contribution in [1.82, 2.24) is 0 Å². The van der Waals surface area contributed by atoms with Gasteiger partial charge in [0.25, 0.3) is 0 Å². The van der Waals surface area contributed by atoms with Gasteiger partial charge in [0, 0.05) is 31.4 Å². The number of nitrogens with two attached hydrogens (primary N) is 1. The standard InChI is InChI=1S/C12H19ClN2O/c1-15(8-9-16-2)12-5-3-4-11(13)10(12)6-7-14/h3-5H,6-9,14H2,1-2H3. The van der Waals surface area contributed by atoms with Crippen LogP contribution in [0.1, 0.15) is 5.56 Å². The molecule has 0 unspecified atom stereocenters. The summed E-state index contributed by atoms with van der Waals surface area (Å²) in [6.45, 7) is 2.15. The summed E-state index contributed by atoms with van der Waals surface area (Å²) in [5.74, 6) is 0. The summed E-state index contributed by atoms with van der Waals surface area (Å²) in [6.07, 6.45) is 0.798. The summed E-state index contributed by atoms with van der Waals surface area (Å²) in [6, 6.07) is 5.92.